The fourth-order valence-electron chi connectivity index (χ4n) is 4.31. The molecule has 184 valence electrons. The topological polar surface area (TPSA) is 81.1 Å². The van der Waals surface area contributed by atoms with Gasteiger partial charge in [0.15, 0.2) is 0 Å². The number of nitrogens with zero attached hydrogens (tertiary/aromatic N) is 5. The number of benzene rings is 2. The number of anilines is 1. The molecule has 1 aliphatic rings. The van der Waals surface area contributed by atoms with E-state index in [0.29, 0.717) is 33.9 Å². The van der Waals surface area contributed by atoms with Gasteiger partial charge in [-0.2, -0.15) is 9.97 Å². The lowest BCUT2D eigenvalue weighted by molar-refractivity contribution is 0.569. The second-order valence-corrected chi connectivity index (χ2v) is 9.16. The first-order chi connectivity index (χ1) is 18.2. The molecule has 6 aromatic rings. The maximum Gasteiger partial charge on any atom is 0.249 e. The average molecular weight is 510 g/mol. The summed E-state index contributed by atoms with van der Waals surface area (Å²) in [4.78, 5) is 19.9. The van der Waals surface area contributed by atoms with Gasteiger partial charge in [0.1, 0.15) is 22.0 Å². The van der Waals surface area contributed by atoms with E-state index < -0.39 is 0 Å². The Bertz CT molecular complexity index is 1630. The Morgan fingerprint density at radius 1 is 0.568 bits per heavy atom. The molecule has 0 saturated carbocycles. The summed E-state index contributed by atoms with van der Waals surface area (Å²) >= 11 is 5.78. The number of hydrogen-bond donors (Lipinski definition) is 0. The highest BCUT2D eigenvalue weighted by molar-refractivity contribution is 6.29. The molecule has 1 aliphatic heterocycles. The normalized spacial score (nSPS) is 13.5. The van der Waals surface area contributed by atoms with Crippen molar-refractivity contribution in [1.29, 1.82) is 0 Å². The molecule has 5 heterocycles. The van der Waals surface area contributed by atoms with Gasteiger partial charge in [0.25, 0.3) is 0 Å². The number of oxazole rings is 2. The minimum Gasteiger partial charge on any atom is -0.418 e. The minimum atomic E-state index is 0.406. The Balaban J connectivity index is 0.000000141. The van der Waals surface area contributed by atoms with Gasteiger partial charge >= 0.3 is 0 Å². The number of rotatable bonds is 3. The molecule has 0 aliphatic carbocycles. The lowest BCUT2D eigenvalue weighted by Gasteiger charge is -2.27. The van der Waals surface area contributed by atoms with Crippen LogP contribution in [0.25, 0.3) is 45.4 Å². The summed E-state index contributed by atoms with van der Waals surface area (Å²) in [5, 5.41) is 0.406. The van der Waals surface area contributed by atoms with E-state index in [4.69, 9.17) is 20.4 Å². The lowest BCUT2D eigenvalue weighted by atomic mass is 10.1. The average Bonchev–Trinajstić information content (AvgIpc) is 3.59. The number of pyridine rings is 2. The van der Waals surface area contributed by atoms with Crippen molar-refractivity contribution < 1.29 is 8.83 Å². The Morgan fingerprint density at radius 3 is 1.70 bits per heavy atom. The molecule has 4 aromatic heterocycles. The first-order valence-electron chi connectivity index (χ1n) is 12.3. The molecular weight excluding hydrogens is 486 g/mol. The summed E-state index contributed by atoms with van der Waals surface area (Å²) in [5.41, 5.74) is 4.52. The maximum atomic E-state index is 5.84. The SMILES string of the molecule is Clc1ccc2nc(-c3ccccc3)oc2n1.c1ccc(-c2nc3ccc(N4CCCCC4)nc3o2)cc1. The Hall–Kier alpha value is -4.23. The van der Waals surface area contributed by atoms with Crippen molar-refractivity contribution in [1.82, 2.24) is 19.9 Å². The van der Waals surface area contributed by atoms with E-state index >= 15 is 0 Å². The van der Waals surface area contributed by atoms with E-state index in [1.165, 1.54) is 19.3 Å². The van der Waals surface area contributed by atoms with Crippen LogP contribution >= 0.6 is 11.6 Å². The summed E-state index contributed by atoms with van der Waals surface area (Å²) < 4.78 is 11.4. The van der Waals surface area contributed by atoms with Crippen LogP contribution in [-0.4, -0.2) is 33.0 Å². The van der Waals surface area contributed by atoms with E-state index in [-0.39, 0.29) is 0 Å². The van der Waals surface area contributed by atoms with Gasteiger partial charge in [0.2, 0.25) is 23.2 Å². The number of piperidine rings is 1. The largest absolute Gasteiger partial charge is 0.418 e. The fraction of sp³-hybridized carbons (Fsp3) is 0.172. The third-order valence-electron chi connectivity index (χ3n) is 6.18. The predicted molar refractivity (Wildman–Crippen MR) is 146 cm³/mol. The Morgan fingerprint density at radius 2 is 1.11 bits per heavy atom. The van der Waals surface area contributed by atoms with Crippen LogP contribution in [0.2, 0.25) is 5.15 Å². The molecule has 2 aromatic carbocycles. The maximum absolute atomic E-state index is 5.84. The molecule has 7 rings (SSSR count). The van der Waals surface area contributed by atoms with Crippen LogP contribution in [0.3, 0.4) is 0 Å². The molecule has 0 bridgehead atoms. The third-order valence-corrected chi connectivity index (χ3v) is 6.39. The van der Waals surface area contributed by atoms with E-state index in [1.54, 1.807) is 12.1 Å². The molecule has 7 nitrogen and oxygen atoms in total. The van der Waals surface area contributed by atoms with E-state index in [9.17, 15) is 0 Å². The second kappa shape index (κ2) is 10.4. The Labute approximate surface area is 218 Å². The van der Waals surface area contributed by atoms with Crippen molar-refractivity contribution in [3.05, 3.63) is 90.1 Å². The van der Waals surface area contributed by atoms with Crippen LogP contribution in [0.1, 0.15) is 19.3 Å². The second-order valence-electron chi connectivity index (χ2n) is 8.77. The monoisotopic (exact) mass is 509 g/mol. The van der Waals surface area contributed by atoms with Crippen molar-refractivity contribution in [2.24, 2.45) is 0 Å². The van der Waals surface area contributed by atoms with Gasteiger partial charge in [-0.1, -0.05) is 48.0 Å². The first-order valence-corrected chi connectivity index (χ1v) is 12.7. The molecule has 1 fully saturated rings. The lowest BCUT2D eigenvalue weighted by Crippen LogP contribution is -2.29. The molecule has 1 saturated heterocycles. The van der Waals surface area contributed by atoms with Gasteiger partial charge in [0.05, 0.1) is 0 Å². The van der Waals surface area contributed by atoms with Crippen LogP contribution in [0.15, 0.2) is 93.8 Å². The molecule has 0 atom stereocenters. The van der Waals surface area contributed by atoms with Crippen molar-refractivity contribution in [2.45, 2.75) is 19.3 Å². The van der Waals surface area contributed by atoms with Gasteiger partial charge in [-0.05, 0) is 67.8 Å². The standard InChI is InChI=1S/C17H17N3O.C12H7ClN2O/c1-3-7-13(8-4-1)16-18-14-9-10-15(19-17(14)21-16)20-11-5-2-6-12-20;13-10-7-6-9-12(15-10)16-11(14-9)8-4-2-1-3-5-8/h1,3-4,7-10H,2,5-6,11-12H2;1-7H. The molecule has 0 radical (unpaired) electrons. The molecule has 0 N–H and O–H groups in total. The quantitative estimate of drug-likeness (QED) is 0.229. The fourth-order valence-corrected chi connectivity index (χ4v) is 4.45. The highest BCUT2D eigenvalue weighted by atomic mass is 35.5. The van der Waals surface area contributed by atoms with E-state index in [1.807, 2.05) is 72.8 Å². The molecule has 0 spiro atoms. The van der Waals surface area contributed by atoms with Crippen LogP contribution in [-0.2, 0) is 0 Å². The van der Waals surface area contributed by atoms with Crippen molar-refractivity contribution in [3.8, 4) is 22.9 Å². The zero-order valence-electron chi connectivity index (χ0n) is 20.0. The highest BCUT2D eigenvalue weighted by Gasteiger charge is 2.15. The van der Waals surface area contributed by atoms with Crippen molar-refractivity contribution in [3.63, 3.8) is 0 Å². The van der Waals surface area contributed by atoms with Crippen molar-refractivity contribution >= 4 is 39.9 Å². The van der Waals surface area contributed by atoms with Gasteiger partial charge in [0, 0.05) is 24.2 Å². The van der Waals surface area contributed by atoms with Crippen molar-refractivity contribution in [2.75, 3.05) is 18.0 Å². The highest BCUT2D eigenvalue weighted by Crippen LogP contribution is 2.26. The number of fused-ring (bicyclic) bond motifs is 2. The number of aromatic nitrogens is 4. The van der Waals surface area contributed by atoms with Gasteiger partial charge in [-0.3, -0.25) is 0 Å². The smallest absolute Gasteiger partial charge is 0.249 e. The Kier molecular flexibility index (Phi) is 6.52. The van der Waals surface area contributed by atoms with Gasteiger partial charge < -0.3 is 13.7 Å². The summed E-state index contributed by atoms with van der Waals surface area (Å²) in [7, 11) is 0. The summed E-state index contributed by atoms with van der Waals surface area (Å²) in [6.07, 6.45) is 3.80. The molecular formula is C29H24ClN5O2. The van der Waals surface area contributed by atoms with Gasteiger partial charge in [-0.25, -0.2) is 9.97 Å². The molecule has 0 amide bonds. The number of hydrogen-bond acceptors (Lipinski definition) is 7. The number of halogens is 1. The van der Waals surface area contributed by atoms with Crippen LogP contribution in [0, 0.1) is 0 Å². The molecule has 8 heteroatoms. The van der Waals surface area contributed by atoms with E-state index in [2.05, 4.69) is 24.8 Å². The van der Waals surface area contributed by atoms with Crippen LogP contribution in [0.5, 0.6) is 0 Å². The zero-order chi connectivity index (χ0) is 25.0. The summed E-state index contributed by atoms with van der Waals surface area (Å²) in [5.74, 6) is 2.19. The third kappa shape index (κ3) is 5.17. The van der Waals surface area contributed by atoms with Crippen LogP contribution < -0.4 is 4.90 Å². The molecule has 37 heavy (non-hydrogen) atoms. The molecule has 0 unspecified atom stereocenters. The predicted octanol–water partition coefficient (Wildman–Crippen LogP) is 7.42. The minimum absolute atomic E-state index is 0.406. The van der Waals surface area contributed by atoms with Crippen LogP contribution in [0.4, 0.5) is 5.82 Å². The van der Waals surface area contributed by atoms with E-state index in [0.717, 1.165) is 35.6 Å². The van der Waals surface area contributed by atoms with Gasteiger partial charge in [-0.15, -0.1) is 0 Å². The summed E-state index contributed by atoms with van der Waals surface area (Å²) in [6.45, 7) is 2.16. The summed E-state index contributed by atoms with van der Waals surface area (Å²) in [6, 6.07) is 27.2. The zero-order valence-corrected chi connectivity index (χ0v) is 20.8. The first kappa shape index (κ1) is 23.2.